The lowest BCUT2D eigenvalue weighted by Gasteiger charge is -2.07. The summed E-state index contributed by atoms with van der Waals surface area (Å²) in [4.78, 5) is 20.6. The highest BCUT2D eigenvalue weighted by molar-refractivity contribution is 7.99. The van der Waals surface area contributed by atoms with E-state index >= 15 is 0 Å². The zero-order chi connectivity index (χ0) is 20.5. The van der Waals surface area contributed by atoms with Crippen LogP contribution in [-0.4, -0.2) is 33.6 Å². The van der Waals surface area contributed by atoms with Gasteiger partial charge in [0.05, 0.1) is 11.0 Å². The van der Waals surface area contributed by atoms with Crippen LogP contribution in [0.4, 0.5) is 0 Å². The summed E-state index contributed by atoms with van der Waals surface area (Å²) in [5.41, 5.74) is 6.90. The number of rotatable bonds is 7. The number of carboxylic acids is 1. The van der Waals surface area contributed by atoms with Crippen LogP contribution in [0.5, 0.6) is 0 Å². The molecular weight excluding hydrogens is 400 g/mol. The molecule has 0 saturated carbocycles. The molecule has 0 aliphatic heterocycles. The van der Waals surface area contributed by atoms with Crippen LogP contribution in [0.1, 0.15) is 28.9 Å². The second-order valence-corrected chi connectivity index (χ2v) is 8.93. The van der Waals surface area contributed by atoms with E-state index in [1.165, 1.54) is 32.0 Å². The maximum Gasteiger partial charge on any atom is 0.303 e. The summed E-state index contributed by atoms with van der Waals surface area (Å²) in [7, 11) is 0. The summed E-state index contributed by atoms with van der Waals surface area (Å²) in [5, 5.41) is 11.5. The van der Waals surface area contributed by atoms with E-state index in [4.69, 9.17) is 5.11 Å². The Kier molecular flexibility index (Phi) is 5.65. The van der Waals surface area contributed by atoms with Crippen molar-refractivity contribution in [3.8, 4) is 0 Å². The van der Waals surface area contributed by atoms with Crippen LogP contribution in [0.25, 0.3) is 21.8 Å². The van der Waals surface area contributed by atoms with Gasteiger partial charge in [-0.05, 0) is 61.2 Å². The van der Waals surface area contributed by atoms with Gasteiger partial charge in [-0.25, -0.2) is 0 Å². The standard InChI is InChI=1S/C23H24N2O2S2/c1-13-17(7-8-21(26)27)18-10-14(11-20(29-3)23(18)24-13)9-16-12-15-5-4-6-19(28-2)22(15)25-16/h4-6,10-12,24-25H,7-9H2,1-3H3,(H,26,27). The number of para-hydroxylation sites is 1. The molecule has 29 heavy (non-hydrogen) atoms. The number of carboxylic acid groups (broad SMARTS) is 1. The molecule has 0 amide bonds. The minimum Gasteiger partial charge on any atom is -0.481 e. The molecule has 0 atom stereocenters. The molecule has 2 heterocycles. The number of nitrogens with one attached hydrogen (secondary N) is 2. The Balaban J connectivity index is 1.75. The fraction of sp³-hybridized carbons (Fsp3) is 0.261. The zero-order valence-electron chi connectivity index (χ0n) is 16.8. The predicted octanol–water partition coefficient (Wildman–Crippen LogP) is 6.01. The van der Waals surface area contributed by atoms with Crippen molar-refractivity contribution in [2.45, 2.75) is 36.0 Å². The molecule has 0 aliphatic rings. The first kappa shape index (κ1) is 20.0. The van der Waals surface area contributed by atoms with Crippen LogP contribution in [0, 0.1) is 6.92 Å². The van der Waals surface area contributed by atoms with E-state index in [2.05, 4.69) is 58.9 Å². The Morgan fingerprint density at radius 1 is 1.03 bits per heavy atom. The highest BCUT2D eigenvalue weighted by Crippen LogP contribution is 2.33. The molecule has 4 nitrogen and oxygen atoms in total. The Hall–Kier alpha value is -2.31. The first-order chi connectivity index (χ1) is 14.0. The zero-order valence-corrected chi connectivity index (χ0v) is 18.4. The lowest BCUT2D eigenvalue weighted by Crippen LogP contribution is -1.98. The maximum atomic E-state index is 11.1. The number of benzene rings is 2. The van der Waals surface area contributed by atoms with Crippen molar-refractivity contribution in [2.75, 3.05) is 12.5 Å². The molecule has 0 bridgehead atoms. The summed E-state index contributed by atoms with van der Waals surface area (Å²) in [5.74, 6) is -0.761. The van der Waals surface area contributed by atoms with Crippen molar-refractivity contribution in [1.82, 2.24) is 9.97 Å². The average molecular weight is 425 g/mol. The Morgan fingerprint density at radius 3 is 2.55 bits per heavy atom. The Labute approximate surface area is 178 Å². The molecule has 0 unspecified atom stereocenters. The van der Waals surface area contributed by atoms with E-state index in [0.29, 0.717) is 6.42 Å². The number of hydrogen-bond acceptors (Lipinski definition) is 3. The third-order valence-corrected chi connectivity index (χ3v) is 6.89. The van der Waals surface area contributed by atoms with E-state index in [0.717, 1.165) is 28.6 Å². The third-order valence-electron chi connectivity index (χ3n) is 5.35. The summed E-state index contributed by atoms with van der Waals surface area (Å²) in [6, 6.07) is 13.1. The topological polar surface area (TPSA) is 68.9 Å². The van der Waals surface area contributed by atoms with Gasteiger partial charge < -0.3 is 15.1 Å². The minimum absolute atomic E-state index is 0.145. The van der Waals surface area contributed by atoms with Gasteiger partial charge in [0, 0.05) is 44.8 Å². The first-order valence-corrected chi connectivity index (χ1v) is 12.0. The number of aryl methyl sites for hydroxylation is 2. The van der Waals surface area contributed by atoms with Crippen LogP contribution in [-0.2, 0) is 17.6 Å². The highest BCUT2D eigenvalue weighted by atomic mass is 32.2. The number of H-pyrrole nitrogens is 2. The summed E-state index contributed by atoms with van der Waals surface area (Å²) in [6.45, 7) is 2.03. The Bertz CT molecular complexity index is 1210. The van der Waals surface area contributed by atoms with Crippen LogP contribution in [0.15, 0.2) is 46.2 Å². The molecule has 0 fully saturated rings. The van der Waals surface area contributed by atoms with Gasteiger partial charge in [-0.1, -0.05) is 12.1 Å². The van der Waals surface area contributed by atoms with E-state index < -0.39 is 5.97 Å². The summed E-state index contributed by atoms with van der Waals surface area (Å²) < 4.78 is 0. The van der Waals surface area contributed by atoms with Crippen molar-refractivity contribution in [1.29, 1.82) is 0 Å². The van der Waals surface area contributed by atoms with Crippen molar-refractivity contribution >= 4 is 51.3 Å². The molecule has 0 saturated heterocycles. The Morgan fingerprint density at radius 2 is 1.83 bits per heavy atom. The van der Waals surface area contributed by atoms with Gasteiger partial charge in [-0.3, -0.25) is 4.79 Å². The number of aromatic amines is 2. The third kappa shape index (κ3) is 3.91. The van der Waals surface area contributed by atoms with Crippen LogP contribution >= 0.6 is 23.5 Å². The van der Waals surface area contributed by atoms with Gasteiger partial charge >= 0.3 is 5.97 Å². The molecule has 6 heteroatoms. The fourth-order valence-corrected chi connectivity index (χ4v) is 5.22. The maximum absolute atomic E-state index is 11.1. The quantitative estimate of drug-likeness (QED) is 0.318. The van der Waals surface area contributed by atoms with Crippen LogP contribution < -0.4 is 0 Å². The fourth-order valence-electron chi connectivity index (χ4n) is 3.99. The van der Waals surface area contributed by atoms with E-state index in [9.17, 15) is 4.79 Å². The van der Waals surface area contributed by atoms with E-state index in [1.54, 1.807) is 23.5 Å². The predicted molar refractivity (Wildman–Crippen MR) is 124 cm³/mol. The molecule has 0 spiro atoms. The van der Waals surface area contributed by atoms with E-state index in [-0.39, 0.29) is 6.42 Å². The molecule has 0 radical (unpaired) electrons. The smallest absolute Gasteiger partial charge is 0.303 e. The number of thioether (sulfide) groups is 2. The molecular formula is C23H24N2O2S2. The van der Waals surface area contributed by atoms with Gasteiger partial charge in [0.2, 0.25) is 0 Å². The second-order valence-electron chi connectivity index (χ2n) is 7.24. The van der Waals surface area contributed by atoms with E-state index in [1.807, 2.05) is 6.92 Å². The minimum atomic E-state index is -0.761. The molecule has 4 aromatic rings. The van der Waals surface area contributed by atoms with Crippen molar-refractivity contribution < 1.29 is 9.90 Å². The lowest BCUT2D eigenvalue weighted by molar-refractivity contribution is -0.136. The van der Waals surface area contributed by atoms with Crippen LogP contribution in [0.3, 0.4) is 0 Å². The van der Waals surface area contributed by atoms with Gasteiger partial charge in [0.1, 0.15) is 0 Å². The lowest BCUT2D eigenvalue weighted by atomic mass is 10.0. The number of aliphatic carboxylic acids is 1. The van der Waals surface area contributed by atoms with Crippen molar-refractivity contribution in [3.63, 3.8) is 0 Å². The van der Waals surface area contributed by atoms with Gasteiger partial charge in [-0.15, -0.1) is 23.5 Å². The average Bonchev–Trinajstić information content (AvgIpc) is 3.25. The molecule has 4 rings (SSSR count). The normalized spacial score (nSPS) is 11.6. The second kappa shape index (κ2) is 8.20. The van der Waals surface area contributed by atoms with Gasteiger partial charge in [0.25, 0.3) is 0 Å². The molecule has 150 valence electrons. The van der Waals surface area contributed by atoms with Crippen molar-refractivity contribution in [3.05, 3.63) is 58.9 Å². The first-order valence-electron chi connectivity index (χ1n) is 9.54. The monoisotopic (exact) mass is 424 g/mol. The molecule has 3 N–H and O–H groups in total. The van der Waals surface area contributed by atoms with Crippen LogP contribution in [0.2, 0.25) is 0 Å². The SMILES string of the molecule is CSc1cccc2cc(Cc3cc(SC)c4[nH]c(C)c(CCC(=O)O)c4c3)[nH]c12. The van der Waals surface area contributed by atoms with Crippen molar-refractivity contribution in [2.24, 2.45) is 0 Å². The molecule has 2 aromatic heterocycles. The van der Waals surface area contributed by atoms with Gasteiger partial charge in [0.15, 0.2) is 0 Å². The number of aromatic nitrogens is 2. The molecule has 0 aliphatic carbocycles. The molecule has 2 aromatic carbocycles. The summed E-state index contributed by atoms with van der Waals surface area (Å²) in [6.07, 6.45) is 5.68. The van der Waals surface area contributed by atoms with Gasteiger partial charge in [-0.2, -0.15) is 0 Å². The number of hydrogen-bond donors (Lipinski definition) is 3. The number of carbonyl (C=O) groups is 1. The summed E-state index contributed by atoms with van der Waals surface area (Å²) >= 11 is 3.47. The largest absolute Gasteiger partial charge is 0.481 e. The highest BCUT2D eigenvalue weighted by Gasteiger charge is 2.15. The number of fused-ring (bicyclic) bond motifs is 2.